The maximum absolute atomic E-state index is 12.8. The highest BCUT2D eigenvalue weighted by atomic mass is 16.6. The highest BCUT2D eigenvalue weighted by molar-refractivity contribution is 5.74. The number of hydrogen-bond acceptors (Lipinski definition) is 2. The van der Waals surface area contributed by atoms with Crippen LogP contribution in [0.15, 0.2) is 0 Å². The summed E-state index contributed by atoms with van der Waals surface area (Å²) < 4.78 is 6.36. The first-order valence-electron chi connectivity index (χ1n) is 9.36. The van der Waals surface area contributed by atoms with Gasteiger partial charge in [0.2, 0.25) is 0 Å². The molecule has 0 spiro atoms. The van der Waals surface area contributed by atoms with E-state index < -0.39 is 0 Å². The van der Waals surface area contributed by atoms with Crippen LogP contribution in [0.2, 0.25) is 0 Å². The zero-order valence-corrected chi connectivity index (χ0v) is 13.2. The van der Waals surface area contributed by atoms with Crippen molar-refractivity contribution in [3.05, 3.63) is 0 Å². The lowest BCUT2D eigenvalue weighted by molar-refractivity contribution is -0.210. The molecule has 0 aliphatic heterocycles. The van der Waals surface area contributed by atoms with Gasteiger partial charge in [0.15, 0.2) is 0 Å². The summed E-state index contributed by atoms with van der Waals surface area (Å²) in [6.07, 6.45) is 11.7. The third-order valence-electron chi connectivity index (χ3n) is 8.09. The maximum atomic E-state index is 12.8. The normalized spacial score (nSPS) is 56.9. The molecule has 0 aromatic rings. The van der Waals surface area contributed by atoms with Gasteiger partial charge in [0.25, 0.3) is 0 Å². The predicted molar refractivity (Wildman–Crippen MR) is 80.5 cm³/mol. The predicted octanol–water partition coefficient (Wildman–Crippen LogP) is 4.18. The third kappa shape index (κ3) is 1.80. The Labute approximate surface area is 128 Å². The smallest absolute Gasteiger partial charge is 0.309 e. The van der Waals surface area contributed by atoms with Crippen LogP contribution in [-0.2, 0) is 9.53 Å². The fourth-order valence-corrected chi connectivity index (χ4v) is 7.21. The first-order chi connectivity index (χ1) is 10.1. The Morgan fingerprint density at radius 2 is 1.62 bits per heavy atom. The van der Waals surface area contributed by atoms with Crippen molar-refractivity contribution in [3.8, 4) is 0 Å². The summed E-state index contributed by atoms with van der Waals surface area (Å²) in [5.41, 5.74) is -0.0618. The fraction of sp³-hybridized carbons (Fsp3) is 0.947. The Kier molecular flexibility index (Phi) is 2.63. The topological polar surface area (TPSA) is 26.3 Å². The fourth-order valence-electron chi connectivity index (χ4n) is 7.21. The molecule has 2 nitrogen and oxygen atoms in total. The SMILES string of the molecule is CC1C2CC3CC(C2)CC1(OC(=O)C1CC2CCC1C2)C3. The van der Waals surface area contributed by atoms with E-state index in [1.165, 1.54) is 51.4 Å². The molecule has 0 radical (unpaired) electrons. The molecule has 6 fully saturated rings. The molecule has 6 rings (SSSR count). The highest BCUT2D eigenvalue weighted by Crippen LogP contribution is 2.60. The summed E-state index contributed by atoms with van der Waals surface area (Å²) >= 11 is 0. The van der Waals surface area contributed by atoms with Crippen LogP contribution in [0, 0.1) is 41.4 Å². The molecule has 0 aromatic carbocycles. The maximum Gasteiger partial charge on any atom is 0.309 e. The molecule has 6 saturated carbocycles. The van der Waals surface area contributed by atoms with E-state index >= 15 is 0 Å². The van der Waals surface area contributed by atoms with Gasteiger partial charge in [-0.25, -0.2) is 0 Å². The van der Waals surface area contributed by atoms with Gasteiger partial charge in [0, 0.05) is 0 Å². The molecular weight excluding hydrogens is 260 g/mol. The minimum absolute atomic E-state index is 0.0618. The quantitative estimate of drug-likeness (QED) is 0.712. The molecule has 6 bridgehead atoms. The molecule has 0 amide bonds. The lowest BCUT2D eigenvalue weighted by Gasteiger charge is -2.59. The Balaban J connectivity index is 1.36. The minimum atomic E-state index is -0.0618. The lowest BCUT2D eigenvalue weighted by Crippen LogP contribution is -2.58. The van der Waals surface area contributed by atoms with Gasteiger partial charge in [0.1, 0.15) is 5.60 Å². The van der Waals surface area contributed by atoms with E-state index in [4.69, 9.17) is 4.74 Å². The monoisotopic (exact) mass is 288 g/mol. The van der Waals surface area contributed by atoms with Crippen LogP contribution in [0.4, 0.5) is 0 Å². The van der Waals surface area contributed by atoms with Gasteiger partial charge in [-0.05, 0) is 86.9 Å². The van der Waals surface area contributed by atoms with E-state index in [9.17, 15) is 4.79 Å². The van der Waals surface area contributed by atoms with Crippen LogP contribution in [0.5, 0.6) is 0 Å². The van der Waals surface area contributed by atoms with Crippen molar-refractivity contribution in [1.29, 1.82) is 0 Å². The van der Waals surface area contributed by atoms with E-state index in [1.54, 1.807) is 0 Å². The Morgan fingerprint density at radius 3 is 2.24 bits per heavy atom. The molecule has 6 atom stereocenters. The molecule has 21 heavy (non-hydrogen) atoms. The number of rotatable bonds is 2. The Morgan fingerprint density at radius 1 is 0.905 bits per heavy atom. The van der Waals surface area contributed by atoms with Crippen LogP contribution in [-0.4, -0.2) is 11.6 Å². The number of carbonyl (C=O) groups is 1. The minimum Gasteiger partial charge on any atom is -0.459 e. The molecule has 2 heteroatoms. The average Bonchev–Trinajstić information content (AvgIpc) is 3.06. The van der Waals surface area contributed by atoms with E-state index in [0.717, 1.165) is 30.1 Å². The van der Waals surface area contributed by atoms with Gasteiger partial charge in [0.05, 0.1) is 5.92 Å². The summed E-state index contributed by atoms with van der Waals surface area (Å²) in [5.74, 6) is 5.09. The van der Waals surface area contributed by atoms with Gasteiger partial charge >= 0.3 is 5.97 Å². The summed E-state index contributed by atoms with van der Waals surface area (Å²) in [5, 5.41) is 0. The largest absolute Gasteiger partial charge is 0.459 e. The summed E-state index contributed by atoms with van der Waals surface area (Å²) in [7, 11) is 0. The molecular formula is C19H28O2. The molecule has 6 aliphatic rings. The van der Waals surface area contributed by atoms with Crippen molar-refractivity contribution in [2.75, 3.05) is 0 Å². The molecule has 0 N–H and O–H groups in total. The standard InChI is InChI=1S/C19H28O2/c1-11-16-6-13-4-14(7-16)10-19(11,9-13)21-18(20)17-8-12-2-3-15(17)5-12/h11-17H,2-10H2,1H3. The van der Waals surface area contributed by atoms with Crippen molar-refractivity contribution in [3.63, 3.8) is 0 Å². The van der Waals surface area contributed by atoms with Gasteiger partial charge in [-0.2, -0.15) is 0 Å². The second-order valence-electron chi connectivity index (χ2n) is 9.16. The van der Waals surface area contributed by atoms with E-state index in [2.05, 4.69) is 6.92 Å². The highest BCUT2D eigenvalue weighted by Gasteiger charge is 2.58. The van der Waals surface area contributed by atoms with Gasteiger partial charge in [-0.15, -0.1) is 0 Å². The Bertz CT molecular complexity index is 456. The molecule has 6 aliphatic carbocycles. The summed E-state index contributed by atoms with van der Waals surface area (Å²) in [6.45, 7) is 2.37. The molecule has 0 aromatic heterocycles. The number of hydrogen-bond donors (Lipinski definition) is 0. The van der Waals surface area contributed by atoms with E-state index in [0.29, 0.717) is 11.8 Å². The van der Waals surface area contributed by atoms with Crippen molar-refractivity contribution in [2.24, 2.45) is 41.4 Å². The third-order valence-corrected chi connectivity index (χ3v) is 8.09. The summed E-state index contributed by atoms with van der Waals surface area (Å²) in [6, 6.07) is 0. The van der Waals surface area contributed by atoms with E-state index in [1.807, 2.05) is 0 Å². The van der Waals surface area contributed by atoms with Crippen molar-refractivity contribution in [1.82, 2.24) is 0 Å². The van der Waals surface area contributed by atoms with Gasteiger partial charge in [-0.1, -0.05) is 13.3 Å². The molecule has 6 unspecified atom stereocenters. The van der Waals surface area contributed by atoms with Crippen molar-refractivity contribution in [2.45, 2.75) is 70.3 Å². The van der Waals surface area contributed by atoms with E-state index in [-0.39, 0.29) is 17.5 Å². The van der Waals surface area contributed by atoms with Crippen LogP contribution in [0.1, 0.15) is 64.7 Å². The zero-order chi connectivity index (χ0) is 14.2. The lowest BCUT2D eigenvalue weighted by atomic mass is 9.50. The van der Waals surface area contributed by atoms with Crippen LogP contribution in [0.3, 0.4) is 0 Å². The van der Waals surface area contributed by atoms with Gasteiger partial charge in [-0.3, -0.25) is 4.79 Å². The Hall–Kier alpha value is -0.530. The second kappa shape index (κ2) is 4.26. The first kappa shape index (κ1) is 13.0. The van der Waals surface area contributed by atoms with Crippen LogP contribution in [0.25, 0.3) is 0 Å². The van der Waals surface area contributed by atoms with Crippen LogP contribution >= 0.6 is 0 Å². The number of ether oxygens (including phenoxy) is 1. The number of fused-ring (bicyclic) bond motifs is 2. The second-order valence-corrected chi connectivity index (χ2v) is 9.16. The van der Waals surface area contributed by atoms with Crippen molar-refractivity contribution < 1.29 is 9.53 Å². The zero-order valence-electron chi connectivity index (χ0n) is 13.2. The average molecular weight is 288 g/mol. The summed E-state index contributed by atoms with van der Waals surface area (Å²) in [4.78, 5) is 12.8. The van der Waals surface area contributed by atoms with Crippen LogP contribution < -0.4 is 0 Å². The number of carbonyl (C=O) groups excluding carboxylic acids is 1. The molecule has 116 valence electrons. The number of esters is 1. The van der Waals surface area contributed by atoms with Crippen molar-refractivity contribution >= 4 is 5.97 Å². The first-order valence-corrected chi connectivity index (χ1v) is 9.36. The molecule has 0 saturated heterocycles. The van der Waals surface area contributed by atoms with Gasteiger partial charge < -0.3 is 4.74 Å². The molecule has 0 heterocycles.